The standard InChI is InChI=1S/C24H22O6.C18H16O2.C6H6O4/c1-27-22(25)20-18-13-14-24(30-18,21(20)23(26)28-2)19(15-16-9-5-3-6-10-16)29-17-11-7-4-8-12-17;1-3-8-15(9-4-1)14-18(17-12-7-13-19-17)20-16-10-5-2-6-11-16;1-9-5(7)3-4-6(8)10-2/h3-14,18-19H,15H2,1-2H3;1-13,18H,14H2;1-2H3. The van der Waals surface area contributed by atoms with Crippen LogP contribution < -0.4 is 9.47 Å². The Hall–Kier alpha value is -7.36. The van der Waals surface area contributed by atoms with Crippen molar-refractivity contribution in [2.45, 2.75) is 36.8 Å². The van der Waals surface area contributed by atoms with Gasteiger partial charge in [-0.05, 0) is 53.6 Å². The van der Waals surface area contributed by atoms with Gasteiger partial charge in [-0.15, -0.1) is 0 Å². The molecule has 12 heteroatoms. The van der Waals surface area contributed by atoms with E-state index < -0.39 is 41.7 Å². The average Bonchev–Trinajstić information content (AvgIpc) is 4.07. The molecule has 3 heterocycles. The summed E-state index contributed by atoms with van der Waals surface area (Å²) in [6, 6.07) is 43.0. The van der Waals surface area contributed by atoms with Gasteiger partial charge in [-0.1, -0.05) is 103 Å². The van der Waals surface area contributed by atoms with Gasteiger partial charge in [0.05, 0.1) is 45.8 Å². The van der Waals surface area contributed by atoms with E-state index in [2.05, 4.69) is 21.6 Å². The van der Waals surface area contributed by atoms with E-state index in [0.717, 1.165) is 23.5 Å². The van der Waals surface area contributed by atoms with Crippen LogP contribution in [0.1, 0.15) is 23.0 Å². The van der Waals surface area contributed by atoms with Crippen LogP contribution in [0.2, 0.25) is 0 Å². The SMILES string of the molecule is COC(=O)C#CC(=O)OC.COC(=O)C1=C(C(=O)OC)C2(C(Cc3ccccc3)Oc3ccccc3)C=CC1O2.c1ccc(CC(Oc2ccccc2)c2ccco2)cc1. The van der Waals surface area contributed by atoms with Crippen LogP contribution in [0, 0.1) is 11.8 Å². The Morgan fingerprint density at radius 2 is 1.10 bits per heavy atom. The first-order valence-corrected chi connectivity index (χ1v) is 18.7. The smallest absolute Gasteiger partial charge is 0.384 e. The maximum atomic E-state index is 12.8. The van der Waals surface area contributed by atoms with Crippen molar-refractivity contribution in [3.05, 3.63) is 180 Å². The number of esters is 4. The third-order valence-corrected chi connectivity index (χ3v) is 9.13. The number of carbonyl (C=O) groups is 4. The van der Waals surface area contributed by atoms with Gasteiger partial charge in [0.1, 0.15) is 29.5 Å². The third-order valence-electron chi connectivity index (χ3n) is 9.13. The molecule has 60 heavy (non-hydrogen) atoms. The van der Waals surface area contributed by atoms with Gasteiger partial charge in [-0.25, -0.2) is 19.2 Å². The minimum atomic E-state index is -1.27. The largest absolute Gasteiger partial charge is 0.486 e. The van der Waals surface area contributed by atoms with Gasteiger partial charge >= 0.3 is 23.9 Å². The first-order chi connectivity index (χ1) is 29.2. The van der Waals surface area contributed by atoms with Crippen LogP contribution in [-0.4, -0.2) is 70.1 Å². The molecule has 12 nitrogen and oxygen atoms in total. The van der Waals surface area contributed by atoms with E-state index >= 15 is 0 Å². The van der Waals surface area contributed by atoms with E-state index in [-0.39, 0.29) is 17.3 Å². The fraction of sp³-hybridized carbons (Fsp3) is 0.208. The molecule has 5 aromatic rings. The van der Waals surface area contributed by atoms with Gasteiger partial charge < -0.3 is 37.6 Å². The van der Waals surface area contributed by atoms with Gasteiger partial charge in [0.25, 0.3) is 0 Å². The molecule has 4 aromatic carbocycles. The Labute approximate surface area is 348 Å². The third kappa shape index (κ3) is 11.6. The van der Waals surface area contributed by atoms with Crippen molar-refractivity contribution in [3.8, 4) is 23.3 Å². The van der Waals surface area contributed by atoms with Crippen molar-refractivity contribution in [3.63, 3.8) is 0 Å². The monoisotopic (exact) mass is 812 g/mol. The molecule has 0 amide bonds. The topological polar surface area (TPSA) is 146 Å². The second kappa shape index (κ2) is 22.0. The Balaban J connectivity index is 0.000000195. The van der Waals surface area contributed by atoms with E-state index in [4.69, 9.17) is 28.1 Å². The summed E-state index contributed by atoms with van der Waals surface area (Å²) in [6.07, 6.45) is 5.02. The summed E-state index contributed by atoms with van der Waals surface area (Å²) >= 11 is 0. The summed E-state index contributed by atoms with van der Waals surface area (Å²) in [5.74, 6) is 3.34. The van der Waals surface area contributed by atoms with Crippen molar-refractivity contribution >= 4 is 23.9 Å². The van der Waals surface area contributed by atoms with Crippen LogP contribution >= 0.6 is 0 Å². The number of hydrogen-bond acceptors (Lipinski definition) is 12. The predicted octanol–water partition coefficient (Wildman–Crippen LogP) is 7.00. The number of methoxy groups -OCH3 is 4. The Morgan fingerprint density at radius 1 is 0.600 bits per heavy atom. The summed E-state index contributed by atoms with van der Waals surface area (Å²) in [4.78, 5) is 45.7. The number of hydrogen-bond donors (Lipinski definition) is 0. The molecule has 4 unspecified atom stereocenters. The zero-order valence-corrected chi connectivity index (χ0v) is 33.5. The van der Waals surface area contributed by atoms with Crippen molar-refractivity contribution in [1.29, 1.82) is 0 Å². The number of para-hydroxylation sites is 2. The van der Waals surface area contributed by atoms with Crippen LogP contribution in [0.15, 0.2) is 167 Å². The van der Waals surface area contributed by atoms with Gasteiger partial charge in [0.2, 0.25) is 0 Å². The Morgan fingerprint density at radius 3 is 1.58 bits per heavy atom. The minimum Gasteiger partial charge on any atom is -0.486 e. The fourth-order valence-corrected chi connectivity index (χ4v) is 6.36. The van der Waals surface area contributed by atoms with Crippen molar-refractivity contribution < 1.29 is 56.8 Å². The quantitative estimate of drug-likeness (QED) is 0.0420. The first kappa shape index (κ1) is 43.8. The summed E-state index contributed by atoms with van der Waals surface area (Å²) in [5.41, 5.74) is 1.24. The lowest BCUT2D eigenvalue weighted by molar-refractivity contribution is -0.140. The second-order valence-corrected chi connectivity index (χ2v) is 12.9. The molecule has 0 N–H and O–H groups in total. The molecule has 0 fully saturated rings. The predicted molar refractivity (Wildman–Crippen MR) is 219 cm³/mol. The number of furan rings is 1. The average molecular weight is 813 g/mol. The zero-order valence-electron chi connectivity index (χ0n) is 33.5. The van der Waals surface area contributed by atoms with Crippen LogP contribution in [-0.2, 0) is 55.7 Å². The van der Waals surface area contributed by atoms with Crippen LogP contribution in [0.3, 0.4) is 0 Å². The molecule has 308 valence electrons. The molecule has 2 aliphatic rings. The fourth-order valence-electron chi connectivity index (χ4n) is 6.36. The molecule has 0 saturated carbocycles. The Bertz CT molecular complexity index is 2170. The van der Waals surface area contributed by atoms with Crippen LogP contribution in [0.4, 0.5) is 0 Å². The van der Waals surface area contributed by atoms with Gasteiger partial charge in [0, 0.05) is 24.7 Å². The second-order valence-electron chi connectivity index (χ2n) is 12.9. The van der Waals surface area contributed by atoms with E-state index in [0.29, 0.717) is 12.2 Å². The molecule has 2 aliphatic heterocycles. The summed E-state index contributed by atoms with van der Waals surface area (Å²) < 4.78 is 42.3. The summed E-state index contributed by atoms with van der Waals surface area (Å²) in [6.45, 7) is 0. The molecule has 7 rings (SSSR count). The molecule has 0 saturated heterocycles. The minimum absolute atomic E-state index is 0.116. The normalized spacial score (nSPS) is 16.5. The van der Waals surface area contributed by atoms with E-state index in [1.165, 1.54) is 34.0 Å². The molecule has 0 radical (unpaired) electrons. The van der Waals surface area contributed by atoms with Crippen LogP contribution in [0.25, 0.3) is 0 Å². The zero-order chi connectivity index (χ0) is 42.7. The van der Waals surface area contributed by atoms with Gasteiger partial charge in [-0.3, -0.25) is 0 Å². The molecular formula is C48H44O12. The highest BCUT2D eigenvalue weighted by Gasteiger charge is 2.59. The molecule has 1 aromatic heterocycles. The highest BCUT2D eigenvalue weighted by molar-refractivity contribution is 6.05. The number of ether oxygens (including phenoxy) is 7. The summed E-state index contributed by atoms with van der Waals surface area (Å²) in [5, 5.41) is 0. The number of fused-ring (bicyclic) bond motifs is 2. The highest BCUT2D eigenvalue weighted by Crippen LogP contribution is 2.48. The maximum Gasteiger partial charge on any atom is 0.384 e. The van der Waals surface area contributed by atoms with Gasteiger partial charge in [-0.2, -0.15) is 0 Å². The van der Waals surface area contributed by atoms with Gasteiger partial charge in [0.15, 0.2) is 11.7 Å². The van der Waals surface area contributed by atoms with Crippen molar-refractivity contribution in [2.24, 2.45) is 0 Å². The van der Waals surface area contributed by atoms with Crippen molar-refractivity contribution in [2.75, 3.05) is 28.4 Å². The molecule has 4 atom stereocenters. The highest BCUT2D eigenvalue weighted by atomic mass is 16.6. The number of benzene rings is 4. The van der Waals surface area contributed by atoms with E-state index in [1.807, 2.05) is 133 Å². The molecule has 0 aliphatic carbocycles. The summed E-state index contributed by atoms with van der Waals surface area (Å²) in [7, 11) is 4.90. The lowest BCUT2D eigenvalue weighted by Crippen LogP contribution is -2.48. The molecule has 0 spiro atoms. The lowest BCUT2D eigenvalue weighted by Gasteiger charge is -2.34. The lowest BCUT2D eigenvalue weighted by atomic mass is 9.80. The molecular weight excluding hydrogens is 769 g/mol. The Kier molecular flexibility index (Phi) is 16.0. The number of carbonyl (C=O) groups excluding carboxylic acids is 4. The van der Waals surface area contributed by atoms with Crippen LogP contribution in [0.5, 0.6) is 11.5 Å². The van der Waals surface area contributed by atoms with E-state index in [1.54, 1.807) is 18.4 Å². The van der Waals surface area contributed by atoms with Crippen molar-refractivity contribution in [1.82, 2.24) is 0 Å². The van der Waals surface area contributed by atoms with E-state index in [9.17, 15) is 19.2 Å². The maximum absolute atomic E-state index is 12.8. The first-order valence-electron chi connectivity index (χ1n) is 18.7. The number of rotatable bonds is 12. The molecule has 2 bridgehead atoms.